The number of furan rings is 1. The lowest BCUT2D eigenvalue weighted by molar-refractivity contribution is -0.150. The molecule has 2 atom stereocenters. The van der Waals surface area contributed by atoms with Crippen molar-refractivity contribution >= 4 is 5.97 Å². The summed E-state index contributed by atoms with van der Waals surface area (Å²) < 4.78 is 23.3. The number of hydrogen-bond acceptors (Lipinski definition) is 4. The minimum atomic E-state index is -1.89. The maximum absolute atomic E-state index is 13.5. The zero-order valence-electron chi connectivity index (χ0n) is 9.40. The zero-order chi connectivity index (χ0) is 12.1. The van der Waals surface area contributed by atoms with Gasteiger partial charge in [-0.1, -0.05) is 6.92 Å². The summed E-state index contributed by atoms with van der Waals surface area (Å²) in [6.07, 6.45) is -1.20. The lowest BCUT2D eigenvalue weighted by Gasteiger charge is -2.13. The van der Waals surface area contributed by atoms with Crippen molar-refractivity contribution in [1.29, 1.82) is 0 Å². The largest absolute Gasteiger partial charge is 0.464 e. The monoisotopic (exact) mass is 229 g/mol. The number of ether oxygens (including phenoxy) is 1. The van der Waals surface area contributed by atoms with Crippen LogP contribution in [-0.4, -0.2) is 18.7 Å². The molecule has 1 aromatic rings. The van der Waals surface area contributed by atoms with E-state index in [0.29, 0.717) is 12.2 Å². The fourth-order valence-corrected chi connectivity index (χ4v) is 1.28. The van der Waals surface area contributed by atoms with Gasteiger partial charge in [0.25, 0.3) is 0 Å². The highest BCUT2D eigenvalue weighted by atomic mass is 19.1. The normalized spacial score (nSPS) is 14.5. The topological polar surface area (TPSA) is 65.5 Å². The van der Waals surface area contributed by atoms with Crippen LogP contribution in [0.1, 0.15) is 31.4 Å². The summed E-state index contributed by atoms with van der Waals surface area (Å²) in [4.78, 5) is 11.1. The molecule has 0 spiro atoms. The highest BCUT2D eigenvalue weighted by Crippen LogP contribution is 2.20. The number of carbonyl (C=O) groups excluding carboxylic acids is 1. The van der Waals surface area contributed by atoms with Gasteiger partial charge in [0.1, 0.15) is 17.6 Å². The highest BCUT2D eigenvalue weighted by molar-refractivity contribution is 5.75. The third kappa shape index (κ3) is 2.82. The molecule has 0 amide bonds. The quantitative estimate of drug-likeness (QED) is 0.781. The van der Waals surface area contributed by atoms with Gasteiger partial charge in [-0.15, -0.1) is 0 Å². The Labute approximate surface area is 93.6 Å². The molecule has 1 unspecified atom stereocenters. The Kier molecular flexibility index (Phi) is 4.49. The first kappa shape index (κ1) is 12.7. The Morgan fingerprint density at radius 2 is 2.25 bits per heavy atom. The molecule has 0 fully saturated rings. The molecule has 1 heterocycles. The van der Waals surface area contributed by atoms with Gasteiger partial charge >= 0.3 is 5.97 Å². The van der Waals surface area contributed by atoms with Crippen LogP contribution in [-0.2, 0) is 16.0 Å². The first-order valence-corrected chi connectivity index (χ1v) is 5.25. The van der Waals surface area contributed by atoms with E-state index in [1.807, 2.05) is 6.92 Å². The molecule has 0 aliphatic rings. The Bertz CT molecular complexity index is 351. The number of nitrogens with two attached hydrogens (primary N) is 1. The van der Waals surface area contributed by atoms with Gasteiger partial charge in [0.05, 0.1) is 6.61 Å². The van der Waals surface area contributed by atoms with Crippen LogP contribution in [0.4, 0.5) is 4.39 Å². The van der Waals surface area contributed by atoms with Crippen LogP contribution >= 0.6 is 0 Å². The summed E-state index contributed by atoms with van der Waals surface area (Å²) >= 11 is 0. The lowest BCUT2D eigenvalue weighted by Crippen LogP contribution is -2.31. The molecule has 16 heavy (non-hydrogen) atoms. The molecule has 90 valence electrons. The van der Waals surface area contributed by atoms with Gasteiger partial charge in [-0.25, -0.2) is 9.18 Å². The van der Waals surface area contributed by atoms with E-state index >= 15 is 0 Å². The number of esters is 1. The molecule has 1 aromatic heterocycles. The lowest BCUT2D eigenvalue weighted by atomic mass is 10.1. The fraction of sp³-hybridized carbons (Fsp3) is 0.545. The summed E-state index contributed by atoms with van der Waals surface area (Å²) in [6.45, 7) is 3.65. The van der Waals surface area contributed by atoms with Gasteiger partial charge < -0.3 is 14.9 Å². The van der Waals surface area contributed by atoms with Crippen molar-refractivity contribution in [1.82, 2.24) is 0 Å². The van der Waals surface area contributed by atoms with Gasteiger partial charge in [-0.05, 0) is 19.1 Å². The molecule has 5 heteroatoms. The Morgan fingerprint density at radius 3 is 2.75 bits per heavy atom. The van der Waals surface area contributed by atoms with Crippen molar-refractivity contribution in [3.63, 3.8) is 0 Å². The van der Waals surface area contributed by atoms with Crippen molar-refractivity contribution < 1.29 is 18.3 Å². The van der Waals surface area contributed by atoms with Crippen LogP contribution in [0.5, 0.6) is 0 Å². The number of halogens is 1. The first-order chi connectivity index (χ1) is 7.60. The van der Waals surface area contributed by atoms with E-state index in [4.69, 9.17) is 10.2 Å². The molecular weight excluding hydrogens is 213 g/mol. The molecule has 0 aliphatic heterocycles. The zero-order valence-corrected chi connectivity index (χ0v) is 9.40. The van der Waals surface area contributed by atoms with Crippen molar-refractivity contribution in [2.24, 2.45) is 5.73 Å². The number of alkyl halides is 1. The number of rotatable bonds is 5. The van der Waals surface area contributed by atoms with E-state index in [1.54, 1.807) is 19.1 Å². The van der Waals surface area contributed by atoms with Crippen molar-refractivity contribution in [3.8, 4) is 0 Å². The second-order valence-electron chi connectivity index (χ2n) is 3.34. The predicted molar refractivity (Wildman–Crippen MR) is 56.5 cm³/mol. The van der Waals surface area contributed by atoms with Crippen LogP contribution in [0, 0.1) is 0 Å². The third-order valence-corrected chi connectivity index (χ3v) is 2.19. The van der Waals surface area contributed by atoms with Crippen LogP contribution in [0.3, 0.4) is 0 Å². The number of hydrogen-bond donors (Lipinski definition) is 1. The van der Waals surface area contributed by atoms with E-state index in [-0.39, 0.29) is 12.4 Å². The van der Waals surface area contributed by atoms with Gasteiger partial charge in [0, 0.05) is 6.42 Å². The second kappa shape index (κ2) is 5.65. The minimum Gasteiger partial charge on any atom is -0.464 e. The van der Waals surface area contributed by atoms with Crippen molar-refractivity contribution in [2.45, 2.75) is 32.5 Å². The SMILES string of the molecule is CCOC(=O)C(F)[C@@H](N)c1ccc(CC)o1. The molecular formula is C11H16FNO3. The standard InChI is InChI=1S/C11H16FNO3/c1-3-7-5-6-8(16-7)10(13)9(12)11(14)15-4-2/h5-6,9-10H,3-4,13H2,1-2H3/t9?,10-/m0/s1. The Hall–Kier alpha value is -1.36. The molecule has 1 rings (SSSR count). The Balaban J connectivity index is 2.69. The van der Waals surface area contributed by atoms with Crippen LogP contribution in [0.25, 0.3) is 0 Å². The van der Waals surface area contributed by atoms with Gasteiger partial charge in [0.2, 0.25) is 6.17 Å². The smallest absolute Gasteiger partial charge is 0.342 e. The molecule has 0 bridgehead atoms. The highest BCUT2D eigenvalue weighted by Gasteiger charge is 2.29. The van der Waals surface area contributed by atoms with E-state index < -0.39 is 18.2 Å². The fourth-order valence-electron chi connectivity index (χ4n) is 1.28. The minimum absolute atomic E-state index is 0.129. The summed E-state index contributed by atoms with van der Waals surface area (Å²) in [7, 11) is 0. The second-order valence-corrected chi connectivity index (χ2v) is 3.34. The van der Waals surface area contributed by atoms with E-state index in [1.165, 1.54) is 0 Å². The average molecular weight is 229 g/mol. The van der Waals surface area contributed by atoms with E-state index in [2.05, 4.69) is 4.74 Å². The summed E-state index contributed by atoms with van der Waals surface area (Å²) in [5.74, 6) is 0.0170. The summed E-state index contributed by atoms with van der Waals surface area (Å²) in [6, 6.07) is 2.18. The van der Waals surface area contributed by atoms with Gasteiger partial charge in [-0.3, -0.25) is 0 Å². The number of aryl methyl sites for hydroxylation is 1. The third-order valence-electron chi connectivity index (χ3n) is 2.19. The summed E-state index contributed by atoms with van der Waals surface area (Å²) in [5.41, 5.74) is 5.57. The van der Waals surface area contributed by atoms with Crippen LogP contribution in [0.15, 0.2) is 16.5 Å². The van der Waals surface area contributed by atoms with E-state index in [0.717, 1.165) is 0 Å². The van der Waals surface area contributed by atoms with Gasteiger partial charge in [0.15, 0.2) is 0 Å². The van der Waals surface area contributed by atoms with Crippen LogP contribution in [0.2, 0.25) is 0 Å². The number of carbonyl (C=O) groups is 1. The van der Waals surface area contributed by atoms with E-state index in [9.17, 15) is 9.18 Å². The molecule has 4 nitrogen and oxygen atoms in total. The van der Waals surface area contributed by atoms with Crippen LogP contribution < -0.4 is 5.73 Å². The average Bonchev–Trinajstić information content (AvgIpc) is 2.75. The first-order valence-electron chi connectivity index (χ1n) is 5.25. The maximum atomic E-state index is 13.5. The molecule has 0 aliphatic carbocycles. The molecule has 0 saturated heterocycles. The Morgan fingerprint density at radius 1 is 1.56 bits per heavy atom. The molecule has 0 radical (unpaired) electrons. The maximum Gasteiger partial charge on any atom is 0.342 e. The van der Waals surface area contributed by atoms with Gasteiger partial charge in [-0.2, -0.15) is 0 Å². The van der Waals surface area contributed by atoms with Crippen molar-refractivity contribution in [2.75, 3.05) is 6.61 Å². The summed E-state index contributed by atoms with van der Waals surface area (Å²) in [5, 5.41) is 0. The van der Waals surface area contributed by atoms with Crippen molar-refractivity contribution in [3.05, 3.63) is 23.7 Å². The molecule has 2 N–H and O–H groups in total. The molecule has 0 aromatic carbocycles. The predicted octanol–water partition coefficient (Wildman–Crippen LogP) is 1.74. The molecule has 0 saturated carbocycles.